The van der Waals surface area contributed by atoms with Crippen molar-refractivity contribution < 1.29 is 4.74 Å². The molecule has 20 heavy (non-hydrogen) atoms. The van der Waals surface area contributed by atoms with Gasteiger partial charge in [-0.05, 0) is 12.1 Å². The van der Waals surface area contributed by atoms with E-state index in [1.165, 1.54) is 0 Å². The first-order valence-corrected chi connectivity index (χ1v) is 6.19. The monoisotopic (exact) mass is 267 g/mol. The van der Waals surface area contributed by atoms with Crippen LogP contribution in [0.3, 0.4) is 0 Å². The van der Waals surface area contributed by atoms with Crippen LogP contribution >= 0.6 is 0 Å². The minimum atomic E-state index is 0.761. The molecule has 0 amide bonds. The van der Waals surface area contributed by atoms with Crippen LogP contribution in [0.1, 0.15) is 0 Å². The van der Waals surface area contributed by atoms with Crippen molar-refractivity contribution in [2.45, 2.75) is 0 Å². The number of para-hydroxylation sites is 1. The van der Waals surface area contributed by atoms with Gasteiger partial charge < -0.3 is 15.0 Å². The van der Waals surface area contributed by atoms with E-state index in [4.69, 9.17) is 11.2 Å². The third kappa shape index (κ3) is 2.67. The number of benzene rings is 1. The molecule has 0 spiro atoms. The highest BCUT2D eigenvalue weighted by molar-refractivity contribution is 5.87. The van der Waals surface area contributed by atoms with Gasteiger partial charge in [-0.3, -0.25) is 4.98 Å². The Morgan fingerprint density at radius 1 is 1.30 bits per heavy atom. The Bertz CT molecular complexity index is 644. The summed E-state index contributed by atoms with van der Waals surface area (Å²) in [6.45, 7) is 0. The van der Waals surface area contributed by atoms with E-state index >= 15 is 0 Å². The lowest BCUT2D eigenvalue weighted by Gasteiger charge is -2.19. The number of terminal acetylenes is 1. The number of pyridine rings is 1. The fraction of sp³-hybridized carbons (Fsp3) is 0.188. The molecule has 0 unspecified atom stereocenters. The number of rotatable bonds is 4. The summed E-state index contributed by atoms with van der Waals surface area (Å²) in [5.41, 5.74) is 3.62. The predicted molar refractivity (Wildman–Crippen MR) is 83.0 cm³/mol. The predicted octanol–water partition coefficient (Wildman–Crippen LogP) is 2.83. The minimum absolute atomic E-state index is 0.761. The number of nitrogens with zero attached hydrogens (tertiary/aromatic N) is 2. The van der Waals surface area contributed by atoms with Crippen LogP contribution in [0.25, 0.3) is 11.3 Å². The number of methoxy groups -OCH3 is 1. The van der Waals surface area contributed by atoms with Gasteiger partial charge in [0.2, 0.25) is 0 Å². The number of hydrogen-bond donors (Lipinski definition) is 1. The van der Waals surface area contributed by atoms with Crippen molar-refractivity contribution in [3.8, 4) is 29.5 Å². The van der Waals surface area contributed by atoms with E-state index in [1.54, 1.807) is 13.3 Å². The van der Waals surface area contributed by atoms with Crippen molar-refractivity contribution in [3.63, 3.8) is 0 Å². The molecule has 2 aromatic rings. The molecule has 0 radical (unpaired) electrons. The van der Waals surface area contributed by atoms with Gasteiger partial charge in [-0.1, -0.05) is 18.6 Å². The normalized spacial score (nSPS) is 9.70. The Labute approximate surface area is 119 Å². The van der Waals surface area contributed by atoms with E-state index in [9.17, 15) is 0 Å². The molecule has 0 saturated heterocycles. The van der Waals surface area contributed by atoms with Crippen LogP contribution < -0.4 is 15.0 Å². The zero-order valence-electron chi connectivity index (χ0n) is 11.8. The van der Waals surface area contributed by atoms with Gasteiger partial charge in [-0.25, -0.2) is 0 Å². The van der Waals surface area contributed by atoms with Crippen LogP contribution in [0, 0.1) is 12.5 Å². The van der Waals surface area contributed by atoms with E-state index in [1.807, 2.05) is 49.3 Å². The van der Waals surface area contributed by atoms with E-state index in [2.05, 4.69) is 16.3 Å². The molecular weight excluding hydrogens is 250 g/mol. The van der Waals surface area contributed by atoms with Gasteiger partial charge in [0.1, 0.15) is 5.75 Å². The second-order valence-corrected chi connectivity index (χ2v) is 4.44. The molecule has 1 heterocycles. The van der Waals surface area contributed by atoms with Crippen LogP contribution in [0.2, 0.25) is 0 Å². The van der Waals surface area contributed by atoms with Gasteiger partial charge in [0, 0.05) is 38.0 Å². The second-order valence-electron chi connectivity index (χ2n) is 4.44. The number of hydrogen-bond acceptors (Lipinski definition) is 4. The first kappa shape index (κ1) is 13.8. The molecule has 0 atom stereocenters. The van der Waals surface area contributed by atoms with E-state index in [0.717, 1.165) is 28.4 Å². The fourth-order valence-electron chi connectivity index (χ4n) is 2.02. The first-order chi connectivity index (χ1) is 9.67. The molecule has 1 aromatic carbocycles. The lowest BCUT2D eigenvalue weighted by atomic mass is 10.1. The zero-order chi connectivity index (χ0) is 14.5. The number of anilines is 2. The summed E-state index contributed by atoms with van der Waals surface area (Å²) >= 11 is 0. The van der Waals surface area contributed by atoms with E-state index in [0.29, 0.717) is 0 Å². The smallest absolute Gasteiger partial charge is 0.122 e. The zero-order valence-corrected chi connectivity index (χ0v) is 11.8. The van der Waals surface area contributed by atoms with Crippen LogP contribution in [0.4, 0.5) is 11.4 Å². The molecule has 0 aliphatic heterocycles. The summed E-state index contributed by atoms with van der Waals surface area (Å²) in [6, 6.07) is 12.1. The van der Waals surface area contributed by atoms with Gasteiger partial charge in [-0.15, -0.1) is 0 Å². The number of ether oxygens (including phenoxy) is 1. The van der Waals surface area contributed by atoms with E-state index < -0.39 is 0 Å². The molecule has 0 fully saturated rings. The number of aromatic nitrogens is 1. The summed E-state index contributed by atoms with van der Waals surface area (Å²) in [7, 11) is 5.58. The van der Waals surface area contributed by atoms with Crippen LogP contribution in [0.15, 0.2) is 36.5 Å². The molecule has 4 heteroatoms. The Hall–Kier alpha value is -2.67. The Morgan fingerprint density at radius 3 is 2.75 bits per heavy atom. The average molecular weight is 267 g/mol. The molecule has 1 aromatic heterocycles. The van der Waals surface area contributed by atoms with Gasteiger partial charge >= 0.3 is 0 Å². The molecule has 4 nitrogen and oxygen atoms in total. The molecule has 0 bridgehead atoms. The maximum absolute atomic E-state index is 5.41. The van der Waals surface area contributed by atoms with Gasteiger partial charge in [-0.2, -0.15) is 0 Å². The van der Waals surface area contributed by atoms with Crippen molar-refractivity contribution in [1.29, 1.82) is 0 Å². The average Bonchev–Trinajstić information content (AvgIpc) is 2.47. The highest BCUT2D eigenvalue weighted by atomic mass is 16.5. The maximum atomic E-state index is 5.41. The van der Waals surface area contributed by atoms with Crippen LogP contribution in [-0.4, -0.2) is 26.2 Å². The molecule has 1 N–H and O–H groups in total. The quantitative estimate of drug-likeness (QED) is 0.683. The highest BCUT2D eigenvalue weighted by Gasteiger charge is 2.12. The fourth-order valence-corrected chi connectivity index (χ4v) is 2.02. The maximum Gasteiger partial charge on any atom is 0.122 e. The van der Waals surface area contributed by atoms with Crippen molar-refractivity contribution in [3.05, 3.63) is 36.5 Å². The van der Waals surface area contributed by atoms with Crippen molar-refractivity contribution in [2.24, 2.45) is 0 Å². The third-order valence-corrected chi connectivity index (χ3v) is 2.96. The summed E-state index contributed by atoms with van der Waals surface area (Å²) < 4.78 is 5.24. The lowest BCUT2D eigenvalue weighted by molar-refractivity contribution is 0.414. The standard InChI is InChI=1S/C16H17N3O/c1-5-17-16-13(7-6-8-15(16)19(2)3)14-11-12(20-4)9-10-18-14/h1,6-11,17H,2-4H3. The summed E-state index contributed by atoms with van der Waals surface area (Å²) in [5.74, 6) is 0.761. The third-order valence-electron chi connectivity index (χ3n) is 2.96. The molecule has 2 rings (SSSR count). The van der Waals surface area contributed by atoms with Gasteiger partial charge in [0.15, 0.2) is 0 Å². The molecule has 102 valence electrons. The molecule has 0 aliphatic carbocycles. The lowest BCUT2D eigenvalue weighted by Crippen LogP contribution is -2.11. The van der Waals surface area contributed by atoms with E-state index in [-0.39, 0.29) is 0 Å². The summed E-state index contributed by atoms with van der Waals surface area (Å²) in [4.78, 5) is 6.40. The van der Waals surface area contributed by atoms with Crippen molar-refractivity contribution in [2.75, 3.05) is 31.4 Å². The van der Waals surface area contributed by atoms with Crippen LogP contribution in [-0.2, 0) is 0 Å². The highest BCUT2D eigenvalue weighted by Crippen LogP contribution is 2.35. The molecule has 0 aliphatic rings. The minimum Gasteiger partial charge on any atom is -0.497 e. The van der Waals surface area contributed by atoms with Gasteiger partial charge in [0.25, 0.3) is 0 Å². The topological polar surface area (TPSA) is 37.4 Å². The Kier molecular flexibility index (Phi) is 4.11. The van der Waals surface area contributed by atoms with Gasteiger partial charge in [0.05, 0.1) is 24.2 Å². The summed E-state index contributed by atoms with van der Waals surface area (Å²) in [6.07, 6.45) is 7.13. The first-order valence-electron chi connectivity index (χ1n) is 6.19. The largest absolute Gasteiger partial charge is 0.497 e. The SMILES string of the molecule is C#CNc1c(-c2cc(OC)ccn2)cccc1N(C)C. The summed E-state index contributed by atoms with van der Waals surface area (Å²) in [5, 5.41) is 2.97. The Balaban J connectivity index is 2.60. The number of nitrogens with one attached hydrogen (secondary N) is 1. The second kappa shape index (κ2) is 5.98. The van der Waals surface area contributed by atoms with Crippen LogP contribution in [0.5, 0.6) is 5.75 Å². The Morgan fingerprint density at radius 2 is 2.10 bits per heavy atom. The van der Waals surface area contributed by atoms with Crippen molar-refractivity contribution >= 4 is 11.4 Å². The van der Waals surface area contributed by atoms with Crippen molar-refractivity contribution in [1.82, 2.24) is 4.98 Å². The molecule has 0 saturated carbocycles. The molecular formula is C16H17N3O.